The Kier molecular flexibility index (Phi) is 7.34. The molecule has 0 unspecified atom stereocenters. The van der Waals surface area contributed by atoms with Crippen LogP contribution in [-0.2, 0) is 17.6 Å². The second kappa shape index (κ2) is 9.49. The van der Waals surface area contributed by atoms with Gasteiger partial charge in [0, 0.05) is 6.20 Å². The van der Waals surface area contributed by atoms with E-state index in [1.54, 1.807) is 18.3 Å². The molecular formula is C22H26BFNO2. The lowest BCUT2D eigenvalue weighted by Gasteiger charge is -2.18. The molecule has 0 amide bonds. The van der Waals surface area contributed by atoms with Crippen molar-refractivity contribution in [3.05, 3.63) is 70.8 Å². The molecule has 1 aromatic heterocycles. The maximum Gasteiger partial charge on any atom is 0.357 e. The van der Waals surface area contributed by atoms with E-state index in [1.807, 2.05) is 34.9 Å². The summed E-state index contributed by atoms with van der Waals surface area (Å²) < 4.78 is 18.6. The summed E-state index contributed by atoms with van der Waals surface area (Å²) in [6, 6.07) is 6.44. The summed E-state index contributed by atoms with van der Waals surface area (Å²) in [6.07, 6.45) is 3.57. The Bertz CT molecular complexity index is 816. The molecule has 0 aliphatic carbocycles. The van der Waals surface area contributed by atoms with Crippen LogP contribution < -0.4 is 5.46 Å². The van der Waals surface area contributed by atoms with Gasteiger partial charge in [0.15, 0.2) is 5.69 Å². The summed E-state index contributed by atoms with van der Waals surface area (Å²) in [6.45, 7) is 11.5. The molecule has 2 aromatic rings. The highest BCUT2D eigenvalue weighted by atomic mass is 19.1. The van der Waals surface area contributed by atoms with E-state index in [4.69, 9.17) is 4.74 Å². The van der Waals surface area contributed by atoms with E-state index in [-0.39, 0.29) is 11.9 Å². The molecule has 141 valence electrons. The molecule has 5 heteroatoms. The Labute approximate surface area is 161 Å². The molecule has 0 fully saturated rings. The van der Waals surface area contributed by atoms with E-state index in [2.05, 4.69) is 11.6 Å². The first kappa shape index (κ1) is 20.9. The number of hydrogen-bond acceptors (Lipinski definition) is 3. The highest BCUT2D eigenvalue weighted by Crippen LogP contribution is 2.16. The van der Waals surface area contributed by atoms with Crippen LogP contribution in [0.25, 0.3) is 0 Å². The van der Waals surface area contributed by atoms with Crippen molar-refractivity contribution in [1.82, 2.24) is 4.98 Å². The number of hydrogen-bond donors (Lipinski definition) is 0. The normalized spacial score (nSPS) is 10.7. The lowest BCUT2D eigenvalue weighted by atomic mass is 9.67. The minimum atomic E-state index is -0.404. The van der Waals surface area contributed by atoms with Gasteiger partial charge in [-0.1, -0.05) is 30.0 Å². The van der Waals surface area contributed by atoms with E-state index in [1.165, 1.54) is 12.1 Å². The van der Waals surface area contributed by atoms with E-state index in [0.29, 0.717) is 18.5 Å². The number of ether oxygens (including phenoxy) is 1. The van der Waals surface area contributed by atoms with Crippen molar-refractivity contribution in [1.29, 1.82) is 0 Å². The van der Waals surface area contributed by atoms with Crippen LogP contribution in [0.15, 0.2) is 42.6 Å². The van der Waals surface area contributed by atoms with E-state index in [0.717, 1.165) is 34.1 Å². The van der Waals surface area contributed by atoms with Crippen LogP contribution in [0.5, 0.6) is 0 Å². The first-order chi connectivity index (χ1) is 12.8. The van der Waals surface area contributed by atoms with Crippen LogP contribution >= 0.6 is 0 Å². The van der Waals surface area contributed by atoms with Crippen molar-refractivity contribution < 1.29 is 13.9 Å². The summed E-state index contributed by atoms with van der Waals surface area (Å²) in [5.41, 5.74) is 5.27. The molecular weight excluding hydrogens is 340 g/mol. The number of benzene rings is 1. The number of halogens is 1. The van der Waals surface area contributed by atoms with Crippen LogP contribution in [0.3, 0.4) is 0 Å². The van der Waals surface area contributed by atoms with Crippen molar-refractivity contribution in [3.63, 3.8) is 0 Å². The van der Waals surface area contributed by atoms with Gasteiger partial charge in [-0.05, 0) is 68.9 Å². The minimum Gasteiger partial charge on any atom is -0.458 e. The zero-order valence-corrected chi connectivity index (χ0v) is 16.5. The number of allylic oxidation sites excluding steroid dienone is 1. The molecule has 0 aliphatic heterocycles. The summed E-state index contributed by atoms with van der Waals surface area (Å²) in [5.74, 6) is -0.661. The molecule has 0 aliphatic rings. The van der Waals surface area contributed by atoms with Crippen molar-refractivity contribution in [2.45, 2.75) is 53.0 Å². The van der Waals surface area contributed by atoms with Gasteiger partial charge in [0.05, 0.1) is 6.10 Å². The number of esters is 1. The molecule has 1 heterocycles. The lowest BCUT2D eigenvalue weighted by Crippen LogP contribution is -2.28. The van der Waals surface area contributed by atoms with Crippen LogP contribution in [0, 0.1) is 5.82 Å². The number of rotatable bonds is 8. The molecule has 0 saturated heterocycles. The molecule has 0 saturated carbocycles. The quantitative estimate of drug-likeness (QED) is 0.398. The lowest BCUT2D eigenvalue weighted by molar-refractivity contribution is 0.0369. The first-order valence-corrected chi connectivity index (χ1v) is 9.21. The molecule has 0 N–H and O–H groups in total. The monoisotopic (exact) mass is 366 g/mol. The third kappa shape index (κ3) is 5.78. The fraction of sp³-hybridized carbons (Fsp3) is 0.364. The van der Waals surface area contributed by atoms with Gasteiger partial charge in [0.25, 0.3) is 0 Å². The maximum absolute atomic E-state index is 13.2. The molecule has 0 spiro atoms. The van der Waals surface area contributed by atoms with Crippen LogP contribution in [0.1, 0.15) is 54.4 Å². The second-order valence-electron chi connectivity index (χ2n) is 7.03. The van der Waals surface area contributed by atoms with Crippen LogP contribution in [0.2, 0.25) is 6.82 Å². The molecule has 27 heavy (non-hydrogen) atoms. The largest absolute Gasteiger partial charge is 0.458 e. The molecule has 0 atom stereocenters. The number of carbonyl (C=O) groups is 1. The number of carbonyl (C=O) groups excluding carboxylic acids is 1. The topological polar surface area (TPSA) is 39.2 Å². The van der Waals surface area contributed by atoms with Crippen molar-refractivity contribution in [3.8, 4) is 0 Å². The number of pyridine rings is 1. The van der Waals surface area contributed by atoms with Crippen molar-refractivity contribution >= 4 is 18.7 Å². The highest BCUT2D eigenvalue weighted by molar-refractivity contribution is 6.53. The Morgan fingerprint density at radius 3 is 2.52 bits per heavy atom. The summed E-state index contributed by atoms with van der Waals surface area (Å²) in [5, 5.41) is 0. The minimum absolute atomic E-state index is 0.207. The fourth-order valence-corrected chi connectivity index (χ4v) is 2.97. The zero-order valence-electron chi connectivity index (χ0n) is 16.5. The second-order valence-corrected chi connectivity index (χ2v) is 7.03. The average Bonchev–Trinajstić information content (AvgIpc) is 2.61. The van der Waals surface area contributed by atoms with Gasteiger partial charge in [0.2, 0.25) is 0 Å². The maximum atomic E-state index is 13.2. The molecule has 2 rings (SSSR count). The predicted molar refractivity (Wildman–Crippen MR) is 108 cm³/mol. The average molecular weight is 366 g/mol. The number of nitrogens with zero attached hydrogens (tertiary/aromatic N) is 1. The standard InChI is InChI=1S/C22H26BFNO2/c1-14(2)6-11-19-20(23-5)17(12-16-7-9-18(24)10-8-16)13-25-21(19)22(26)27-15(3)4/h7-10,13,15H,1,6,11-12H2,2-5H3. The third-order valence-electron chi connectivity index (χ3n) is 4.24. The fourth-order valence-electron chi connectivity index (χ4n) is 2.97. The van der Waals surface area contributed by atoms with Crippen molar-refractivity contribution in [2.24, 2.45) is 0 Å². The van der Waals surface area contributed by atoms with Crippen LogP contribution in [0.4, 0.5) is 4.39 Å². The highest BCUT2D eigenvalue weighted by Gasteiger charge is 2.21. The van der Waals surface area contributed by atoms with Crippen LogP contribution in [-0.4, -0.2) is 24.3 Å². The zero-order chi connectivity index (χ0) is 20.0. The van der Waals surface area contributed by atoms with Gasteiger partial charge in [0.1, 0.15) is 13.1 Å². The van der Waals surface area contributed by atoms with E-state index in [9.17, 15) is 9.18 Å². The van der Waals surface area contributed by atoms with Gasteiger partial charge < -0.3 is 4.74 Å². The summed E-state index contributed by atoms with van der Waals surface area (Å²) in [7, 11) is 2.00. The first-order valence-electron chi connectivity index (χ1n) is 9.21. The van der Waals surface area contributed by atoms with Gasteiger partial charge in [-0.2, -0.15) is 0 Å². The molecule has 3 nitrogen and oxygen atoms in total. The molecule has 1 radical (unpaired) electrons. The Morgan fingerprint density at radius 2 is 1.96 bits per heavy atom. The smallest absolute Gasteiger partial charge is 0.357 e. The molecule has 0 bridgehead atoms. The predicted octanol–water partition coefficient (Wildman–Crippen LogP) is 4.26. The SMILES string of the molecule is C=C(C)CCc1c(C(=O)OC(C)C)ncc(Cc2ccc(F)cc2)c1[B]C. The Morgan fingerprint density at radius 1 is 1.30 bits per heavy atom. The third-order valence-corrected chi connectivity index (χ3v) is 4.24. The Balaban J connectivity index is 2.45. The van der Waals surface area contributed by atoms with Gasteiger partial charge in [-0.15, -0.1) is 6.58 Å². The Hall–Kier alpha value is -2.43. The van der Waals surface area contributed by atoms with Gasteiger partial charge in [-0.3, -0.25) is 0 Å². The van der Waals surface area contributed by atoms with E-state index < -0.39 is 5.97 Å². The van der Waals surface area contributed by atoms with E-state index >= 15 is 0 Å². The van der Waals surface area contributed by atoms with Gasteiger partial charge >= 0.3 is 5.97 Å². The van der Waals surface area contributed by atoms with Crippen molar-refractivity contribution in [2.75, 3.05) is 0 Å². The molecule has 1 aromatic carbocycles. The number of aromatic nitrogens is 1. The summed E-state index contributed by atoms with van der Waals surface area (Å²) in [4.78, 5) is 17.0. The summed E-state index contributed by atoms with van der Waals surface area (Å²) >= 11 is 0. The van der Waals surface area contributed by atoms with Gasteiger partial charge in [-0.25, -0.2) is 14.2 Å².